The van der Waals surface area contributed by atoms with Gasteiger partial charge in [-0.2, -0.15) is 0 Å². The number of hydrogen-bond acceptors (Lipinski definition) is 4. The molecule has 0 atom stereocenters. The molecular weight excluding hydrogens is 400 g/mol. The molecule has 2 N–H and O–H groups in total. The minimum Gasteiger partial charge on any atom is -0.488 e. The lowest BCUT2D eigenvalue weighted by atomic mass is 10.1. The second kappa shape index (κ2) is 11.0. The summed E-state index contributed by atoms with van der Waals surface area (Å²) in [5.41, 5.74) is 1.52. The van der Waals surface area contributed by atoms with Crippen LogP contribution in [0.5, 0.6) is 5.75 Å². The number of nitrogens with zero attached hydrogens (tertiary/aromatic N) is 1. The Hall–Kier alpha value is -3.32. The Balaban J connectivity index is 1.73. The van der Waals surface area contributed by atoms with E-state index in [0.717, 1.165) is 10.4 Å². The smallest absolute Gasteiger partial charge is 0.404 e. The van der Waals surface area contributed by atoms with E-state index in [2.05, 4.69) is 5.32 Å². The third-order valence-corrected chi connectivity index (χ3v) is 5.31. The molecule has 0 saturated carbocycles. The van der Waals surface area contributed by atoms with E-state index in [1.165, 1.54) is 0 Å². The molecule has 0 bridgehead atoms. The third kappa shape index (κ3) is 6.35. The van der Waals surface area contributed by atoms with E-state index in [1.54, 1.807) is 28.4 Å². The summed E-state index contributed by atoms with van der Waals surface area (Å²) in [5, 5.41) is 13.1. The molecule has 0 saturated heterocycles. The minimum atomic E-state index is -1.06. The molecule has 0 unspecified atom stereocenters. The predicted octanol–water partition coefficient (Wildman–Crippen LogP) is 4.63. The molecule has 3 rings (SSSR count). The molecule has 6 nitrogen and oxygen atoms in total. The summed E-state index contributed by atoms with van der Waals surface area (Å²) in [5.74, 6) is 0.397. The second-order valence-electron chi connectivity index (χ2n) is 6.66. The van der Waals surface area contributed by atoms with E-state index in [-0.39, 0.29) is 12.5 Å². The van der Waals surface area contributed by atoms with Crippen molar-refractivity contribution in [2.45, 2.75) is 19.6 Å². The highest BCUT2D eigenvalue weighted by Crippen LogP contribution is 2.23. The summed E-state index contributed by atoms with van der Waals surface area (Å²) in [7, 11) is 0. The Morgan fingerprint density at radius 3 is 2.50 bits per heavy atom. The summed E-state index contributed by atoms with van der Waals surface area (Å²) >= 11 is 1.58. The fraction of sp³-hybridized carbons (Fsp3) is 0.217. The summed E-state index contributed by atoms with van der Waals surface area (Å²) < 4.78 is 5.95. The topological polar surface area (TPSA) is 78.9 Å². The zero-order valence-corrected chi connectivity index (χ0v) is 17.3. The van der Waals surface area contributed by atoms with Crippen LogP contribution >= 0.6 is 11.3 Å². The van der Waals surface area contributed by atoms with Gasteiger partial charge in [0.15, 0.2) is 0 Å². The lowest BCUT2D eigenvalue weighted by molar-refractivity contribution is 0.0738. The van der Waals surface area contributed by atoms with Crippen molar-refractivity contribution in [2.75, 3.05) is 13.1 Å². The molecule has 0 spiro atoms. The molecule has 0 radical (unpaired) electrons. The first-order chi connectivity index (χ1) is 14.6. The van der Waals surface area contributed by atoms with Crippen molar-refractivity contribution < 1.29 is 19.4 Å². The van der Waals surface area contributed by atoms with E-state index >= 15 is 0 Å². The molecule has 3 aromatic rings. The van der Waals surface area contributed by atoms with Gasteiger partial charge in [-0.3, -0.25) is 4.79 Å². The molecule has 156 valence electrons. The Bertz CT molecular complexity index is 945. The molecule has 2 aromatic carbocycles. The summed E-state index contributed by atoms with van der Waals surface area (Å²) in [4.78, 5) is 26.8. The van der Waals surface area contributed by atoms with Crippen LogP contribution in [0.2, 0.25) is 0 Å². The number of rotatable bonds is 10. The van der Waals surface area contributed by atoms with Crippen molar-refractivity contribution in [3.05, 3.63) is 88.1 Å². The van der Waals surface area contributed by atoms with Crippen molar-refractivity contribution in [1.82, 2.24) is 10.2 Å². The Kier molecular flexibility index (Phi) is 7.86. The van der Waals surface area contributed by atoms with Gasteiger partial charge in [-0.25, -0.2) is 4.79 Å². The van der Waals surface area contributed by atoms with Gasteiger partial charge in [0.05, 0.1) is 12.1 Å². The highest BCUT2D eigenvalue weighted by molar-refractivity contribution is 7.09. The highest BCUT2D eigenvalue weighted by atomic mass is 32.1. The average molecular weight is 425 g/mol. The Morgan fingerprint density at radius 1 is 1.00 bits per heavy atom. The molecule has 1 heterocycles. The van der Waals surface area contributed by atoms with E-state index in [9.17, 15) is 9.59 Å². The zero-order chi connectivity index (χ0) is 21.2. The van der Waals surface area contributed by atoms with Crippen molar-refractivity contribution in [1.29, 1.82) is 0 Å². The Morgan fingerprint density at radius 2 is 1.77 bits per heavy atom. The molecule has 2 amide bonds. The lowest BCUT2D eigenvalue weighted by Gasteiger charge is -2.23. The van der Waals surface area contributed by atoms with Crippen LogP contribution in [0, 0.1) is 0 Å². The average Bonchev–Trinajstić information content (AvgIpc) is 3.28. The van der Waals surface area contributed by atoms with Crippen LogP contribution in [0.15, 0.2) is 72.1 Å². The quantitative estimate of drug-likeness (QED) is 0.465. The second-order valence-corrected chi connectivity index (χ2v) is 7.69. The number of thiophene rings is 1. The van der Waals surface area contributed by atoms with Crippen LogP contribution < -0.4 is 10.1 Å². The van der Waals surface area contributed by atoms with Crippen LogP contribution in [0.25, 0.3) is 0 Å². The number of amides is 2. The van der Waals surface area contributed by atoms with Crippen molar-refractivity contribution in [2.24, 2.45) is 0 Å². The monoisotopic (exact) mass is 424 g/mol. The van der Waals surface area contributed by atoms with Crippen LogP contribution in [-0.4, -0.2) is 35.1 Å². The van der Waals surface area contributed by atoms with Crippen LogP contribution in [0.3, 0.4) is 0 Å². The maximum absolute atomic E-state index is 13.3. The van der Waals surface area contributed by atoms with Gasteiger partial charge in [-0.15, -0.1) is 11.3 Å². The van der Waals surface area contributed by atoms with Gasteiger partial charge < -0.3 is 20.1 Å². The molecule has 0 aliphatic heterocycles. The standard InChI is InChI=1S/C23H24N2O4S/c26-22(25(14-7-13-24-23(27)28)16-19-10-6-15-30-19)20-11-4-5-12-21(20)29-17-18-8-2-1-3-9-18/h1-6,8-12,15,24H,7,13-14,16-17H2,(H,27,28). The predicted molar refractivity (Wildman–Crippen MR) is 117 cm³/mol. The van der Waals surface area contributed by atoms with Gasteiger partial charge >= 0.3 is 6.09 Å². The number of carbonyl (C=O) groups excluding carboxylic acids is 1. The SMILES string of the molecule is O=C(O)NCCCN(Cc1cccs1)C(=O)c1ccccc1OCc1ccccc1. The fourth-order valence-electron chi connectivity index (χ4n) is 2.98. The number of para-hydroxylation sites is 1. The van der Waals surface area contributed by atoms with Crippen molar-refractivity contribution in [3.63, 3.8) is 0 Å². The summed E-state index contributed by atoms with van der Waals surface area (Å²) in [6.45, 7) is 1.56. The van der Waals surface area contributed by atoms with Crippen LogP contribution in [0.4, 0.5) is 4.79 Å². The van der Waals surface area contributed by atoms with Gasteiger partial charge in [-0.1, -0.05) is 48.5 Å². The maximum atomic E-state index is 13.3. The number of ether oxygens (including phenoxy) is 1. The third-order valence-electron chi connectivity index (χ3n) is 4.45. The Labute approximate surface area is 179 Å². The van der Waals surface area contributed by atoms with Gasteiger partial charge in [0.25, 0.3) is 5.91 Å². The molecule has 7 heteroatoms. The molecule has 1 aromatic heterocycles. The first-order valence-electron chi connectivity index (χ1n) is 9.67. The number of hydrogen-bond donors (Lipinski definition) is 2. The molecule has 0 aliphatic rings. The van der Waals surface area contributed by atoms with Crippen molar-refractivity contribution in [3.8, 4) is 5.75 Å². The molecule has 0 aliphatic carbocycles. The van der Waals surface area contributed by atoms with E-state index < -0.39 is 6.09 Å². The van der Waals surface area contributed by atoms with Crippen LogP contribution in [0.1, 0.15) is 27.2 Å². The summed E-state index contributed by atoms with van der Waals surface area (Å²) in [6, 6.07) is 21.0. The first kappa shape index (κ1) is 21.4. The number of carboxylic acid groups (broad SMARTS) is 1. The maximum Gasteiger partial charge on any atom is 0.404 e. The number of nitrogens with one attached hydrogen (secondary N) is 1. The largest absolute Gasteiger partial charge is 0.488 e. The van der Waals surface area contributed by atoms with E-state index in [1.807, 2.05) is 60.0 Å². The highest BCUT2D eigenvalue weighted by Gasteiger charge is 2.20. The lowest BCUT2D eigenvalue weighted by Crippen LogP contribution is -2.33. The minimum absolute atomic E-state index is 0.137. The van der Waals surface area contributed by atoms with E-state index in [0.29, 0.717) is 37.4 Å². The summed E-state index contributed by atoms with van der Waals surface area (Å²) in [6.07, 6.45) is -0.540. The molecule has 30 heavy (non-hydrogen) atoms. The normalized spacial score (nSPS) is 10.4. The first-order valence-corrected chi connectivity index (χ1v) is 10.6. The van der Waals surface area contributed by atoms with Gasteiger partial charge in [-0.05, 0) is 35.6 Å². The molecule has 0 fully saturated rings. The van der Waals surface area contributed by atoms with Crippen LogP contribution in [-0.2, 0) is 13.2 Å². The number of carbonyl (C=O) groups is 2. The van der Waals surface area contributed by atoms with Gasteiger partial charge in [0.2, 0.25) is 0 Å². The van der Waals surface area contributed by atoms with Crippen molar-refractivity contribution >= 4 is 23.3 Å². The van der Waals surface area contributed by atoms with Gasteiger partial charge in [0, 0.05) is 18.0 Å². The van der Waals surface area contributed by atoms with Gasteiger partial charge in [0.1, 0.15) is 12.4 Å². The van der Waals surface area contributed by atoms with E-state index in [4.69, 9.17) is 9.84 Å². The zero-order valence-electron chi connectivity index (χ0n) is 16.5. The number of benzene rings is 2. The molecular formula is C23H24N2O4S. The fourth-order valence-corrected chi connectivity index (χ4v) is 3.70.